The minimum absolute atomic E-state index is 0.220. The average Bonchev–Trinajstić information content (AvgIpc) is 2.45. The molecule has 1 amide bonds. The van der Waals surface area contributed by atoms with Crippen LogP contribution in [0.15, 0.2) is 16.6 Å². The lowest BCUT2D eigenvalue weighted by Gasteiger charge is -2.05. The molecule has 0 bridgehead atoms. The molecule has 6 heteroatoms. The van der Waals surface area contributed by atoms with E-state index in [1.165, 1.54) is 12.1 Å². The number of fused-ring (bicyclic) bond motifs is 1. The van der Waals surface area contributed by atoms with Crippen molar-refractivity contribution in [3.8, 4) is 0 Å². The van der Waals surface area contributed by atoms with E-state index in [9.17, 15) is 14.0 Å². The van der Waals surface area contributed by atoms with Gasteiger partial charge in [-0.1, -0.05) is 0 Å². The highest BCUT2D eigenvalue weighted by Gasteiger charge is 2.33. The van der Waals surface area contributed by atoms with Crippen LogP contribution in [0.1, 0.15) is 17.9 Å². The fraction of sp³-hybridized carbons (Fsp3) is 0.200. The van der Waals surface area contributed by atoms with Crippen LogP contribution < -0.4 is 5.32 Å². The van der Waals surface area contributed by atoms with Crippen molar-refractivity contribution in [3.05, 3.63) is 28.0 Å². The lowest BCUT2D eigenvalue weighted by atomic mass is 9.97. The summed E-state index contributed by atoms with van der Waals surface area (Å²) < 4.78 is 13.4. The second-order valence-electron chi connectivity index (χ2n) is 3.49. The van der Waals surface area contributed by atoms with Crippen molar-refractivity contribution >= 4 is 33.5 Å². The number of carbonyl (C=O) groups excluding carboxylic acids is 1. The third-order valence-electron chi connectivity index (χ3n) is 2.42. The summed E-state index contributed by atoms with van der Waals surface area (Å²) in [7, 11) is 0. The molecule has 1 aliphatic heterocycles. The van der Waals surface area contributed by atoms with E-state index in [0.29, 0.717) is 11.3 Å². The first-order valence-electron chi connectivity index (χ1n) is 4.50. The Hall–Kier alpha value is -1.43. The van der Waals surface area contributed by atoms with Gasteiger partial charge in [-0.25, -0.2) is 4.39 Å². The normalized spacial score (nSPS) is 18.1. The third kappa shape index (κ3) is 1.80. The Balaban J connectivity index is 2.44. The Labute approximate surface area is 98.6 Å². The van der Waals surface area contributed by atoms with Gasteiger partial charge in [0, 0.05) is 5.69 Å². The molecule has 1 aromatic rings. The van der Waals surface area contributed by atoms with Crippen LogP contribution in [0.4, 0.5) is 10.1 Å². The molecule has 16 heavy (non-hydrogen) atoms. The number of hydrogen-bond donors (Lipinski definition) is 2. The maximum absolute atomic E-state index is 13.2. The molecule has 0 saturated heterocycles. The van der Waals surface area contributed by atoms with Gasteiger partial charge in [-0.05, 0) is 33.6 Å². The summed E-state index contributed by atoms with van der Waals surface area (Å²) >= 11 is 3.00. The summed E-state index contributed by atoms with van der Waals surface area (Å²) in [5, 5.41) is 11.1. The van der Waals surface area contributed by atoms with Gasteiger partial charge in [0.25, 0.3) is 0 Å². The molecule has 0 aromatic heterocycles. The van der Waals surface area contributed by atoms with Gasteiger partial charge in [-0.15, -0.1) is 0 Å². The Kier molecular flexibility index (Phi) is 2.67. The number of nitrogens with one attached hydrogen (secondary N) is 1. The van der Waals surface area contributed by atoms with Gasteiger partial charge in [0.05, 0.1) is 16.8 Å². The molecule has 0 radical (unpaired) electrons. The molecule has 0 saturated carbocycles. The zero-order valence-electron chi connectivity index (χ0n) is 7.96. The van der Waals surface area contributed by atoms with Crippen molar-refractivity contribution in [1.82, 2.24) is 0 Å². The van der Waals surface area contributed by atoms with Crippen molar-refractivity contribution < 1.29 is 19.1 Å². The van der Waals surface area contributed by atoms with Gasteiger partial charge in [-0.2, -0.15) is 0 Å². The highest BCUT2D eigenvalue weighted by molar-refractivity contribution is 9.10. The van der Waals surface area contributed by atoms with E-state index in [1.807, 2.05) is 0 Å². The van der Waals surface area contributed by atoms with E-state index < -0.39 is 23.6 Å². The Morgan fingerprint density at radius 1 is 1.56 bits per heavy atom. The first kappa shape index (κ1) is 11.1. The predicted molar refractivity (Wildman–Crippen MR) is 57.7 cm³/mol. The summed E-state index contributed by atoms with van der Waals surface area (Å²) in [6, 6.07) is 2.62. The Morgan fingerprint density at radius 3 is 2.88 bits per heavy atom. The highest BCUT2D eigenvalue weighted by atomic mass is 79.9. The molecule has 0 fully saturated rings. The standard InChI is InChI=1S/C10H7BrFNO3/c11-6-1-4-5(2-9(14)15)10(16)13-8(4)3-7(6)12/h1,3,5H,2H2,(H,13,16)(H,14,15). The van der Waals surface area contributed by atoms with Crippen LogP contribution in [0.5, 0.6) is 0 Å². The van der Waals surface area contributed by atoms with Crippen molar-refractivity contribution in [2.75, 3.05) is 5.32 Å². The molecule has 1 aromatic carbocycles. The summed E-state index contributed by atoms with van der Waals surface area (Å²) in [5.74, 6) is -2.71. The number of rotatable bonds is 2. The number of amides is 1. The van der Waals surface area contributed by atoms with Gasteiger partial charge in [-0.3, -0.25) is 9.59 Å². The van der Waals surface area contributed by atoms with Crippen LogP contribution in [0.3, 0.4) is 0 Å². The van der Waals surface area contributed by atoms with Gasteiger partial charge < -0.3 is 10.4 Å². The largest absolute Gasteiger partial charge is 0.481 e. The zero-order chi connectivity index (χ0) is 11.9. The summed E-state index contributed by atoms with van der Waals surface area (Å²) in [6.45, 7) is 0. The maximum Gasteiger partial charge on any atom is 0.304 e. The molecule has 0 spiro atoms. The van der Waals surface area contributed by atoms with Gasteiger partial charge in [0.1, 0.15) is 5.82 Å². The number of halogens is 2. The molecule has 1 aliphatic rings. The molecular formula is C10H7BrFNO3. The lowest BCUT2D eigenvalue weighted by molar-refractivity contribution is -0.138. The van der Waals surface area contributed by atoms with Crippen molar-refractivity contribution in [3.63, 3.8) is 0 Å². The van der Waals surface area contributed by atoms with Crippen molar-refractivity contribution in [2.24, 2.45) is 0 Å². The molecule has 1 unspecified atom stereocenters. The minimum atomic E-state index is -1.06. The number of aliphatic carboxylic acids is 1. The van der Waals surface area contributed by atoms with Crippen LogP contribution in [0.2, 0.25) is 0 Å². The number of hydrogen-bond acceptors (Lipinski definition) is 2. The van der Waals surface area contributed by atoms with Crippen LogP contribution in [-0.4, -0.2) is 17.0 Å². The SMILES string of the molecule is O=C(O)CC1C(=O)Nc2cc(F)c(Br)cc21. The number of carboxylic acids is 1. The van der Waals surface area contributed by atoms with E-state index >= 15 is 0 Å². The smallest absolute Gasteiger partial charge is 0.304 e. The predicted octanol–water partition coefficient (Wildman–Crippen LogP) is 2.10. The monoisotopic (exact) mass is 287 g/mol. The molecule has 1 heterocycles. The first-order valence-corrected chi connectivity index (χ1v) is 5.30. The van der Waals surface area contributed by atoms with Gasteiger partial charge in [0.2, 0.25) is 5.91 Å². The fourth-order valence-electron chi connectivity index (χ4n) is 1.70. The van der Waals surface area contributed by atoms with Crippen LogP contribution in [0, 0.1) is 5.82 Å². The molecule has 1 atom stereocenters. The van der Waals surface area contributed by atoms with E-state index in [4.69, 9.17) is 5.11 Å². The van der Waals surface area contributed by atoms with E-state index in [2.05, 4.69) is 21.2 Å². The second kappa shape index (κ2) is 3.86. The third-order valence-corrected chi connectivity index (χ3v) is 3.03. The minimum Gasteiger partial charge on any atom is -0.481 e. The van der Waals surface area contributed by atoms with Crippen molar-refractivity contribution in [2.45, 2.75) is 12.3 Å². The molecule has 2 rings (SSSR count). The fourth-order valence-corrected chi connectivity index (χ4v) is 2.06. The summed E-state index contributed by atoms with van der Waals surface area (Å²) in [6.07, 6.45) is -0.295. The highest BCUT2D eigenvalue weighted by Crippen LogP contribution is 2.37. The number of carboxylic acid groups (broad SMARTS) is 1. The van der Waals surface area contributed by atoms with Gasteiger partial charge >= 0.3 is 5.97 Å². The molecule has 4 nitrogen and oxygen atoms in total. The maximum atomic E-state index is 13.2. The van der Waals surface area contributed by atoms with Gasteiger partial charge in [0.15, 0.2) is 0 Å². The van der Waals surface area contributed by atoms with E-state index in [1.54, 1.807) is 0 Å². The summed E-state index contributed by atoms with van der Waals surface area (Å²) in [5.41, 5.74) is 0.859. The first-order chi connectivity index (χ1) is 7.49. The molecular weight excluding hydrogens is 281 g/mol. The summed E-state index contributed by atoms with van der Waals surface area (Å²) in [4.78, 5) is 22.1. The van der Waals surface area contributed by atoms with E-state index in [-0.39, 0.29) is 10.9 Å². The molecule has 84 valence electrons. The Bertz CT molecular complexity index is 489. The number of anilines is 1. The number of benzene rings is 1. The van der Waals surface area contributed by atoms with Crippen LogP contribution in [-0.2, 0) is 9.59 Å². The number of carbonyl (C=O) groups is 2. The Morgan fingerprint density at radius 2 is 2.25 bits per heavy atom. The topological polar surface area (TPSA) is 66.4 Å². The lowest BCUT2D eigenvalue weighted by Crippen LogP contribution is -2.15. The van der Waals surface area contributed by atoms with E-state index in [0.717, 1.165) is 0 Å². The quantitative estimate of drug-likeness (QED) is 0.875. The zero-order valence-corrected chi connectivity index (χ0v) is 9.54. The average molecular weight is 288 g/mol. The van der Waals surface area contributed by atoms with Crippen LogP contribution >= 0.6 is 15.9 Å². The molecule has 2 N–H and O–H groups in total. The second-order valence-corrected chi connectivity index (χ2v) is 4.35. The van der Waals surface area contributed by atoms with Crippen LogP contribution in [0.25, 0.3) is 0 Å². The molecule has 0 aliphatic carbocycles. The van der Waals surface area contributed by atoms with Crippen molar-refractivity contribution in [1.29, 1.82) is 0 Å².